The third kappa shape index (κ3) is 3.19. The van der Waals surface area contributed by atoms with Crippen molar-refractivity contribution in [3.8, 4) is 0 Å². The van der Waals surface area contributed by atoms with E-state index in [9.17, 15) is 25.0 Å². The van der Waals surface area contributed by atoms with Gasteiger partial charge in [-0.1, -0.05) is 22.7 Å². The molecule has 0 bridgehead atoms. The average Bonchev–Trinajstić information content (AvgIpc) is 3.18. The highest BCUT2D eigenvalue weighted by molar-refractivity contribution is 7.17. The molecule has 2 aromatic heterocycles. The summed E-state index contributed by atoms with van der Waals surface area (Å²) in [5.41, 5.74) is 0.700. The van der Waals surface area contributed by atoms with Gasteiger partial charge in [-0.25, -0.2) is 0 Å². The van der Waals surface area contributed by atoms with Crippen LogP contribution in [-0.4, -0.2) is 20.3 Å². The Morgan fingerprint density at radius 1 is 1.16 bits per heavy atom. The molecule has 0 aliphatic rings. The number of rotatable bonds is 4. The standard InChI is InChI=1S/C14H10N4O5S2/c1-2-16-9-4-3-8(17(20)21)7-11(9)25-14(16)15-13(19)10-5-6-12(24-10)18(22)23/h3-7H,2H2,1H3. The normalized spacial score (nSPS) is 11.8. The molecule has 0 aliphatic heterocycles. The maximum atomic E-state index is 12.3. The summed E-state index contributed by atoms with van der Waals surface area (Å²) in [6, 6.07) is 7.08. The third-order valence-electron chi connectivity index (χ3n) is 3.37. The van der Waals surface area contributed by atoms with E-state index in [4.69, 9.17) is 0 Å². The number of hydrogen-bond donors (Lipinski definition) is 0. The zero-order valence-corrected chi connectivity index (χ0v) is 14.4. The lowest BCUT2D eigenvalue weighted by Gasteiger charge is -1.99. The van der Waals surface area contributed by atoms with Crippen molar-refractivity contribution in [1.82, 2.24) is 4.57 Å². The van der Waals surface area contributed by atoms with E-state index in [0.717, 1.165) is 28.2 Å². The molecule has 0 unspecified atom stereocenters. The van der Waals surface area contributed by atoms with Crippen molar-refractivity contribution in [2.45, 2.75) is 13.5 Å². The van der Waals surface area contributed by atoms with Crippen molar-refractivity contribution in [2.75, 3.05) is 0 Å². The Balaban J connectivity index is 2.09. The van der Waals surface area contributed by atoms with E-state index in [1.807, 2.05) is 6.92 Å². The molecule has 9 nitrogen and oxygen atoms in total. The molecular weight excluding hydrogens is 368 g/mol. The summed E-state index contributed by atoms with van der Waals surface area (Å²) >= 11 is 1.92. The summed E-state index contributed by atoms with van der Waals surface area (Å²) in [5.74, 6) is -0.582. The first-order chi connectivity index (χ1) is 11.9. The monoisotopic (exact) mass is 378 g/mol. The number of aromatic nitrogens is 1. The summed E-state index contributed by atoms with van der Waals surface area (Å²) in [6.45, 7) is 2.39. The molecule has 1 aromatic carbocycles. The first kappa shape index (κ1) is 16.9. The molecule has 2 heterocycles. The molecule has 11 heteroatoms. The SMILES string of the molecule is CCn1c(=NC(=O)c2ccc([N+](=O)[O-])s2)sc2cc([N+](=O)[O-])ccc21. The maximum Gasteiger partial charge on any atom is 0.324 e. The van der Waals surface area contributed by atoms with Gasteiger partial charge in [0, 0.05) is 24.7 Å². The lowest BCUT2D eigenvalue weighted by atomic mass is 10.3. The van der Waals surface area contributed by atoms with Crippen molar-refractivity contribution in [3.63, 3.8) is 0 Å². The van der Waals surface area contributed by atoms with Crippen LogP contribution in [0.2, 0.25) is 0 Å². The Kier molecular flexibility index (Phi) is 4.42. The minimum Gasteiger partial charge on any atom is -0.317 e. The molecule has 0 fully saturated rings. The number of amides is 1. The number of thiophene rings is 1. The Labute approximate surface area is 147 Å². The van der Waals surface area contributed by atoms with Gasteiger partial charge in [0.1, 0.15) is 4.88 Å². The topological polar surface area (TPSA) is 121 Å². The Hall–Kier alpha value is -2.92. The van der Waals surface area contributed by atoms with E-state index in [-0.39, 0.29) is 15.6 Å². The molecule has 0 aliphatic carbocycles. The van der Waals surface area contributed by atoms with Gasteiger partial charge in [-0.2, -0.15) is 4.99 Å². The van der Waals surface area contributed by atoms with Crippen LogP contribution >= 0.6 is 22.7 Å². The Morgan fingerprint density at radius 2 is 1.92 bits per heavy atom. The summed E-state index contributed by atoms with van der Waals surface area (Å²) in [6.07, 6.45) is 0. The fourth-order valence-corrected chi connectivity index (χ4v) is 4.08. The molecule has 3 rings (SSSR count). The molecule has 0 atom stereocenters. The van der Waals surface area contributed by atoms with Crippen LogP contribution in [0.4, 0.5) is 10.7 Å². The molecule has 0 saturated heterocycles. The van der Waals surface area contributed by atoms with Crippen LogP contribution in [0, 0.1) is 20.2 Å². The van der Waals surface area contributed by atoms with Crippen LogP contribution in [0.25, 0.3) is 10.2 Å². The Bertz CT molecular complexity index is 1080. The van der Waals surface area contributed by atoms with Crippen molar-refractivity contribution in [1.29, 1.82) is 0 Å². The largest absolute Gasteiger partial charge is 0.324 e. The van der Waals surface area contributed by atoms with E-state index in [2.05, 4.69) is 4.99 Å². The van der Waals surface area contributed by atoms with Crippen LogP contribution in [0.15, 0.2) is 35.3 Å². The van der Waals surface area contributed by atoms with Crippen LogP contribution in [-0.2, 0) is 6.54 Å². The van der Waals surface area contributed by atoms with Crippen molar-refractivity contribution in [3.05, 3.63) is 60.2 Å². The zero-order chi connectivity index (χ0) is 18.1. The number of aryl methyl sites for hydroxylation is 1. The van der Waals surface area contributed by atoms with Gasteiger partial charge in [0.05, 0.1) is 20.1 Å². The number of nitro benzene ring substituents is 1. The minimum absolute atomic E-state index is 0.0382. The molecule has 3 aromatic rings. The number of carbonyl (C=O) groups is 1. The predicted octanol–water partition coefficient (Wildman–Crippen LogP) is 3.34. The average molecular weight is 378 g/mol. The second-order valence-corrected chi connectivity index (χ2v) is 6.92. The maximum absolute atomic E-state index is 12.3. The molecule has 0 saturated carbocycles. The van der Waals surface area contributed by atoms with Gasteiger partial charge < -0.3 is 4.57 Å². The molecule has 25 heavy (non-hydrogen) atoms. The van der Waals surface area contributed by atoms with Crippen LogP contribution in [0.5, 0.6) is 0 Å². The van der Waals surface area contributed by atoms with Gasteiger partial charge in [0.15, 0.2) is 4.80 Å². The van der Waals surface area contributed by atoms with Gasteiger partial charge in [0.25, 0.3) is 11.6 Å². The van der Waals surface area contributed by atoms with E-state index in [1.54, 1.807) is 10.6 Å². The molecule has 0 N–H and O–H groups in total. The van der Waals surface area contributed by atoms with Gasteiger partial charge >= 0.3 is 5.00 Å². The van der Waals surface area contributed by atoms with Crippen LogP contribution in [0.1, 0.15) is 16.6 Å². The highest BCUT2D eigenvalue weighted by Crippen LogP contribution is 2.25. The Morgan fingerprint density at radius 3 is 2.52 bits per heavy atom. The van der Waals surface area contributed by atoms with Crippen molar-refractivity contribution in [2.24, 2.45) is 4.99 Å². The highest BCUT2D eigenvalue weighted by atomic mass is 32.1. The number of thiazole rings is 1. The van der Waals surface area contributed by atoms with Crippen LogP contribution in [0.3, 0.4) is 0 Å². The number of nitrogens with zero attached hydrogens (tertiary/aromatic N) is 4. The number of benzene rings is 1. The minimum atomic E-state index is -0.582. The molecular formula is C14H10N4O5S2. The van der Waals surface area contributed by atoms with Gasteiger partial charge in [-0.05, 0) is 19.1 Å². The second kappa shape index (κ2) is 6.53. The predicted molar refractivity (Wildman–Crippen MR) is 93.0 cm³/mol. The summed E-state index contributed by atoms with van der Waals surface area (Å²) in [7, 11) is 0. The van der Waals surface area contributed by atoms with Gasteiger partial charge in [0.2, 0.25) is 0 Å². The molecule has 0 spiro atoms. The van der Waals surface area contributed by atoms with E-state index in [1.165, 1.54) is 24.3 Å². The summed E-state index contributed by atoms with van der Waals surface area (Å²) in [4.78, 5) is 37.4. The van der Waals surface area contributed by atoms with Crippen molar-refractivity contribution < 1.29 is 14.6 Å². The third-order valence-corrected chi connectivity index (χ3v) is 5.44. The number of nitro groups is 2. The highest BCUT2D eigenvalue weighted by Gasteiger charge is 2.16. The molecule has 1 amide bonds. The molecule has 0 radical (unpaired) electrons. The fourth-order valence-electron chi connectivity index (χ4n) is 2.25. The smallest absolute Gasteiger partial charge is 0.317 e. The fraction of sp³-hybridized carbons (Fsp3) is 0.143. The number of fused-ring (bicyclic) bond motifs is 1. The lowest BCUT2D eigenvalue weighted by Crippen LogP contribution is -2.15. The van der Waals surface area contributed by atoms with Gasteiger partial charge in [-0.3, -0.25) is 25.0 Å². The van der Waals surface area contributed by atoms with Crippen LogP contribution < -0.4 is 4.80 Å². The zero-order valence-electron chi connectivity index (χ0n) is 12.7. The first-order valence-corrected chi connectivity index (χ1v) is 8.65. The lowest BCUT2D eigenvalue weighted by molar-refractivity contribution is -0.384. The van der Waals surface area contributed by atoms with E-state index < -0.39 is 15.8 Å². The number of carbonyl (C=O) groups excluding carboxylic acids is 1. The van der Waals surface area contributed by atoms with E-state index in [0.29, 0.717) is 16.0 Å². The number of non-ortho nitro benzene ring substituents is 1. The molecule has 128 valence electrons. The quantitative estimate of drug-likeness (QED) is 0.509. The first-order valence-electron chi connectivity index (χ1n) is 7.01. The van der Waals surface area contributed by atoms with E-state index >= 15 is 0 Å². The van der Waals surface area contributed by atoms with Gasteiger partial charge in [-0.15, -0.1) is 0 Å². The van der Waals surface area contributed by atoms with Crippen molar-refractivity contribution >= 4 is 49.5 Å². The summed E-state index contributed by atoms with van der Waals surface area (Å²) in [5, 5.41) is 21.5. The second-order valence-electron chi connectivity index (χ2n) is 4.85. The summed E-state index contributed by atoms with van der Waals surface area (Å²) < 4.78 is 2.41. The number of hydrogen-bond acceptors (Lipinski definition) is 7.